The molecule has 0 saturated heterocycles. The lowest BCUT2D eigenvalue weighted by Crippen LogP contribution is -2.25. The Morgan fingerprint density at radius 3 is 2.68 bits per heavy atom. The number of nitrogens with zero attached hydrogens (tertiary/aromatic N) is 4. The SMILES string of the molecule is COCCOCn1ccc(-c2ccc3c(c2)c2c(n3C)N(C)CC(c3ccc(Cl)cc3Cl)=C2)n1. The van der Waals surface area contributed by atoms with Crippen molar-refractivity contribution in [1.82, 2.24) is 14.3 Å². The number of likely N-dealkylation sites (N-methyl/N-ethyl adjacent to an activating group) is 1. The van der Waals surface area contributed by atoms with Crippen LogP contribution in [0.1, 0.15) is 11.1 Å². The average Bonchev–Trinajstić information content (AvgIpc) is 3.40. The maximum Gasteiger partial charge on any atom is 0.139 e. The number of methoxy groups -OCH3 is 1. The molecule has 0 radical (unpaired) electrons. The van der Waals surface area contributed by atoms with Gasteiger partial charge in [-0.05, 0) is 47.5 Å². The normalized spacial score (nSPS) is 13.4. The van der Waals surface area contributed by atoms with Crippen LogP contribution in [0.15, 0.2) is 48.7 Å². The van der Waals surface area contributed by atoms with Crippen LogP contribution in [0.4, 0.5) is 5.82 Å². The van der Waals surface area contributed by atoms with E-state index in [1.807, 2.05) is 24.4 Å². The number of aryl methyl sites for hydroxylation is 1. The first-order valence-electron chi connectivity index (χ1n) is 11.1. The van der Waals surface area contributed by atoms with Gasteiger partial charge in [-0.25, -0.2) is 4.68 Å². The molecule has 0 unspecified atom stereocenters. The first-order chi connectivity index (χ1) is 16.5. The smallest absolute Gasteiger partial charge is 0.139 e. The highest BCUT2D eigenvalue weighted by molar-refractivity contribution is 6.36. The Balaban J connectivity index is 1.53. The molecular formula is C26H26Cl2N4O2. The monoisotopic (exact) mass is 496 g/mol. The van der Waals surface area contributed by atoms with Crippen molar-refractivity contribution >= 4 is 51.6 Å². The van der Waals surface area contributed by atoms with Gasteiger partial charge >= 0.3 is 0 Å². The summed E-state index contributed by atoms with van der Waals surface area (Å²) in [5.41, 5.74) is 6.48. The van der Waals surface area contributed by atoms with Gasteiger partial charge in [0.1, 0.15) is 12.5 Å². The van der Waals surface area contributed by atoms with Gasteiger partial charge in [-0.15, -0.1) is 0 Å². The number of anilines is 1. The lowest BCUT2D eigenvalue weighted by Gasteiger charge is -2.27. The Hall–Kier alpha value is -2.77. The van der Waals surface area contributed by atoms with E-state index in [1.165, 1.54) is 22.3 Å². The van der Waals surface area contributed by atoms with Crippen LogP contribution in [0.3, 0.4) is 0 Å². The summed E-state index contributed by atoms with van der Waals surface area (Å²) in [5, 5.41) is 7.16. The minimum absolute atomic E-state index is 0.394. The first kappa shape index (κ1) is 23.0. The molecule has 5 rings (SSSR count). The topological polar surface area (TPSA) is 44.5 Å². The van der Waals surface area contributed by atoms with Crippen LogP contribution in [-0.2, 0) is 23.3 Å². The molecule has 0 N–H and O–H groups in total. The Morgan fingerprint density at radius 2 is 1.88 bits per heavy atom. The van der Waals surface area contributed by atoms with Crippen LogP contribution < -0.4 is 4.90 Å². The molecule has 0 fully saturated rings. The summed E-state index contributed by atoms with van der Waals surface area (Å²) in [7, 11) is 5.88. The molecule has 0 amide bonds. The fraction of sp³-hybridized carbons (Fsp3) is 0.269. The van der Waals surface area contributed by atoms with E-state index in [9.17, 15) is 0 Å². The molecule has 4 aromatic rings. The van der Waals surface area contributed by atoms with E-state index < -0.39 is 0 Å². The second kappa shape index (κ2) is 9.47. The molecule has 3 heterocycles. The van der Waals surface area contributed by atoms with E-state index in [1.54, 1.807) is 17.9 Å². The largest absolute Gasteiger partial charge is 0.382 e. The molecule has 34 heavy (non-hydrogen) atoms. The molecule has 0 saturated carbocycles. The summed E-state index contributed by atoms with van der Waals surface area (Å²) >= 11 is 12.7. The molecule has 0 spiro atoms. The molecule has 6 nitrogen and oxygen atoms in total. The minimum Gasteiger partial charge on any atom is -0.382 e. The number of rotatable bonds is 7. The van der Waals surface area contributed by atoms with E-state index in [0.29, 0.717) is 30.0 Å². The quantitative estimate of drug-likeness (QED) is 0.296. The molecule has 2 aromatic carbocycles. The van der Waals surface area contributed by atoms with Crippen LogP contribution in [0.25, 0.3) is 33.8 Å². The number of hydrogen-bond donors (Lipinski definition) is 0. The Kier molecular flexibility index (Phi) is 6.40. The molecule has 176 valence electrons. The Morgan fingerprint density at radius 1 is 1.03 bits per heavy atom. The van der Waals surface area contributed by atoms with Crippen molar-refractivity contribution < 1.29 is 9.47 Å². The van der Waals surface area contributed by atoms with Crippen LogP contribution in [0, 0.1) is 0 Å². The van der Waals surface area contributed by atoms with Gasteiger partial charge in [-0.1, -0.05) is 35.3 Å². The Labute approximate surface area is 208 Å². The molecular weight excluding hydrogens is 471 g/mol. The van der Waals surface area contributed by atoms with Crippen LogP contribution >= 0.6 is 23.2 Å². The molecule has 0 atom stereocenters. The third-order valence-corrected chi connectivity index (χ3v) is 6.71. The van der Waals surface area contributed by atoms with Crippen molar-refractivity contribution in [3.8, 4) is 11.3 Å². The van der Waals surface area contributed by atoms with Gasteiger partial charge in [-0.2, -0.15) is 5.10 Å². The molecule has 1 aliphatic rings. The van der Waals surface area contributed by atoms with Gasteiger partial charge < -0.3 is 18.9 Å². The zero-order chi connectivity index (χ0) is 23.8. The molecule has 0 aliphatic carbocycles. The number of fused-ring (bicyclic) bond motifs is 3. The van der Waals surface area contributed by atoms with Crippen LogP contribution in [0.2, 0.25) is 10.0 Å². The third-order valence-electron chi connectivity index (χ3n) is 6.16. The second-order valence-electron chi connectivity index (χ2n) is 8.45. The molecule has 8 heteroatoms. The minimum atomic E-state index is 0.394. The summed E-state index contributed by atoms with van der Waals surface area (Å²) in [6, 6.07) is 14.2. The van der Waals surface area contributed by atoms with Crippen molar-refractivity contribution in [3.05, 3.63) is 69.8 Å². The first-order valence-corrected chi connectivity index (χ1v) is 11.8. The highest BCUT2D eigenvalue weighted by Crippen LogP contribution is 2.41. The zero-order valence-electron chi connectivity index (χ0n) is 19.4. The van der Waals surface area contributed by atoms with Crippen LogP contribution in [-0.4, -0.2) is 48.3 Å². The summed E-state index contributed by atoms with van der Waals surface area (Å²) in [5.74, 6) is 1.18. The zero-order valence-corrected chi connectivity index (χ0v) is 20.9. The summed E-state index contributed by atoms with van der Waals surface area (Å²) in [4.78, 5) is 2.27. The summed E-state index contributed by atoms with van der Waals surface area (Å²) < 4.78 is 14.6. The maximum absolute atomic E-state index is 6.55. The van der Waals surface area contributed by atoms with E-state index in [-0.39, 0.29) is 0 Å². The van der Waals surface area contributed by atoms with E-state index >= 15 is 0 Å². The van der Waals surface area contributed by atoms with Crippen molar-refractivity contribution in [2.45, 2.75) is 6.73 Å². The predicted octanol–water partition coefficient (Wildman–Crippen LogP) is 5.96. The predicted molar refractivity (Wildman–Crippen MR) is 140 cm³/mol. The highest BCUT2D eigenvalue weighted by atomic mass is 35.5. The third kappa shape index (κ3) is 4.23. The van der Waals surface area contributed by atoms with Gasteiger partial charge in [0.25, 0.3) is 0 Å². The maximum atomic E-state index is 6.55. The van der Waals surface area contributed by atoms with Gasteiger partial charge in [0.05, 0.1) is 24.4 Å². The second-order valence-corrected chi connectivity index (χ2v) is 9.29. The molecule has 2 aromatic heterocycles. The number of aromatic nitrogens is 3. The number of hydrogen-bond acceptors (Lipinski definition) is 4. The number of ether oxygens (including phenoxy) is 2. The average molecular weight is 497 g/mol. The van der Waals surface area contributed by atoms with Crippen molar-refractivity contribution in [1.29, 1.82) is 0 Å². The standard InChI is InChI=1S/C26H26Cl2N4O2/c1-30-15-18(20-6-5-19(27)14-23(20)28)13-22-21-12-17(4-7-25(21)31(2)26(22)30)24-8-9-32(29-24)16-34-11-10-33-3/h4-9,12-14H,10-11,15-16H2,1-3H3. The van der Waals surface area contributed by atoms with E-state index in [2.05, 4.69) is 52.9 Å². The van der Waals surface area contributed by atoms with Crippen molar-refractivity contribution in [3.63, 3.8) is 0 Å². The molecule has 0 bridgehead atoms. The van der Waals surface area contributed by atoms with Gasteiger partial charge in [0, 0.05) is 60.5 Å². The van der Waals surface area contributed by atoms with Crippen molar-refractivity contribution in [2.24, 2.45) is 7.05 Å². The van der Waals surface area contributed by atoms with Gasteiger partial charge in [0.15, 0.2) is 0 Å². The van der Waals surface area contributed by atoms with Gasteiger partial charge in [-0.3, -0.25) is 0 Å². The fourth-order valence-corrected chi connectivity index (χ4v) is 5.10. The van der Waals surface area contributed by atoms with E-state index in [4.69, 9.17) is 32.7 Å². The highest BCUT2D eigenvalue weighted by Gasteiger charge is 2.24. The van der Waals surface area contributed by atoms with Gasteiger partial charge in [0.2, 0.25) is 0 Å². The summed E-state index contributed by atoms with van der Waals surface area (Å²) in [6.45, 7) is 2.26. The summed E-state index contributed by atoms with van der Waals surface area (Å²) in [6.07, 6.45) is 4.18. The molecule has 1 aliphatic heterocycles. The fourth-order valence-electron chi connectivity index (χ4n) is 4.57. The number of halogens is 2. The number of benzene rings is 2. The lowest BCUT2D eigenvalue weighted by atomic mass is 9.97. The van der Waals surface area contributed by atoms with Crippen LogP contribution in [0.5, 0.6) is 0 Å². The van der Waals surface area contributed by atoms with E-state index in [0.717, 1.165) is 28.9 Å². The lowest BCUT2D eigenvalue weighted by molar-refractivity contribution is 0.0289. The van der Waals surface area contributed by atoms with Crippen molar-refractivity contribution in [2.75, 3.05) is 38.8 Å². The Bertz CT molecular complexity index is 1390.